The summed E-state index contributed by atoms with van der Waals surface area (Å²) in [6, 6.07) is 21.5. The van der Waals surface area contributed by atoms with Gasteiger partial charge in [-0.05, 0) is 60.7 Å². The fraction of sp³-hybridized carbons (Fsp3) is 0.259. The molecule has 0 fully saturated rings. The van der Waals surface area contributed by atoms with Crippen molar-refractivity contribution in [2.45, 2.75) is 38.3 Å². The minimum Gasteiger partial charge on any atom is -0.488 e. The Kier molecular flexibility index (Phi) is 6.09. The average Bonchev–Trinajstić information content (AvgIpc) is 3.09. The Hall–Kier alpha value is -3.80. The number of fused-ring (bicyclic) bond motifs is 3. The van der Waals surface area contributed by atoms with Crippen LogP contribution < -0.4 is 10.1 Å². The molecule has 1 atom stereocenters. The molecule has 0 aliphatic heterocycles. The molecule has 1 unspecified atom stereocenters. The first kappa shape index (κ1) is 22.4. The molecule has 0 heterocycles. The third-order valence-electron chi connectivity index (χ3n) is 5.49. The predicted molar refractivity (Wildman–Crippen MR) is 125 cm³/mol. The summed E-state index contributed by atoms with van der Waals surface area (Å²) in [7, 11) is 0. The molecule has 1 amide bonds. The summed E-state index contributed by atoms with van der Waals surface area (Å²) in [4.78, 5) is 24.4. The van der Waals surface area contributed by atoms with Crippen molar-refractivity contribution in [1.29, 1.82) is 0 Å². The summed E-state index contributed by atoms with van der Waals surface area (Å²) < 4.78 is 11.3. The Morgan fingerprint density at radius 2 is 1.45 bits per heavy atom. The van der Waals surface area contributed by atoms with E-state index in [2.05, 4.69) is 17.4 Å². The molecule has 1 aliphatic rings. The van der Waals surface area contributed by atoms with Gasteiger partial charge in [-0.1, -0.05) is 60.7 Å². The summed E-state index contributed by atoms with van der Waals surface area (Å²) >= 11 is 0. The Balaban J connectivity index is 1.44. The number of rotatable bonds is 6. The number of benzene rings is 3. The number of ether oxygens (including phenoxy) is 2. The van der Waals surface area contributed by atoms with Gasteiger partial charge in [0.2, 0.25) is 0 Å². The first-order valence-electron chi connectivity index (χ1n) is 10.9. The van der Waals surface area contributed by atoms with Crippen molar-refractivity contribution in [3.63, 3.8) is 0 Å². The molecule has 3 aromatic rings. The highest BCUT2D eigenvalue weighted by Crippen LogP contribution is 2.44. The zero-order valence-electron chi connectivity index (χ0n) is 18.9. The van der Waals surface area contributed by atoms with Crippen LogP contribution in [0.4, 0.5) is 4.79 Å². The largest absolute Gasteiger partial charge is 0.488 e. The van der Waals surface area contributed by atoms with Crippen LogP contribution in [0.25, 0.3) is 11.1 Å². The molecule has 6 nitrogen and oxygen atoms in total. The second-order valence-electron chi connectivity index (χ2n) is 9.02. The molecular formula is C27H27NO5. The first-order chi connectivity index (χ1) is 15.7. The van der Waals surface area contributed by atoms with Crippen molar-refractivity contribution in [2.24, 2.45) is 0 Å². The van der Waals surface area contributed by atoms with Crippen LogP contribution in [-0.4, -0.2) is 29.4 Å². The van der Waals surface area contributed by atoms with E-state index < -0.39 is 18.1 Å². The van der Waals surface area contributed by atoms with E-state index in [1.165, 1.54) is 0 Å². The van der Waals surface area contributed by atoms with E-state index in [0.717, 1.165) is 22.3 Å². The molecule has 0 aromatic heterocycles. The van der Waals surface area contributed by atoms with Crippen LogP contribution in [0, 0.1) is 0 Å². The Labute approximate surface area is 193 Å². The second-order valence-corrected chi connectivity index (χ2v) is 9.02. The van der Waals surface area contributed by atoms with E-state index in [4.69, 9.17) is 9.47 Å². The maximum absolute atomic E-state index is 12.5. The lowest BCUT2D eigenvalue weighted by Gasteiger charge is -2.22. The monoisotopic (exact) mass is 445 g/mol. The van der Waals surface area contributed by atoms with Crippen LogP contribution in [-0.2, 0) is 9.53 Å². The lowest BCUT2D eigenvalue weighted by atomic mass is 9.98. The lowest BCUT2D eigenvalue weighted by molar-refractivity contribution is -0.139. The number of amides is 1. The molecule has 2 N–H and O–H groups in total. The summed E-state index contributed by atoms with van der Waals surface area (Å²) in [5.41, 5.74) is 4.50. The molecule has 0 bridgehead atoms. The van der Waals surface area contributed by atoms with Gasteiger partial charge in [0, 0.05) is 5.92 Å². The van der Waals surface area contributed by atoms with Gasteiger partial charge in [0.05, 0.1) is 0 Å². The van der Waals surface area contributed by atoms with Crippen molar-refractivity contribution < 1.29 is 24.2 Å². The molecule has 4 rings (SSSR count). The smallest absolute Gasteiger partial charge is 0.408 e. The maximum atomic E-state index is 12.5. The summed E-state index contributed by atoms with van der Waals surface area (Å²) in [5, 5.41) is 12.1. The van der Waals surface area contributed by atoms with Gasteiger partial charge < -0.3 is 19.9 Å². The topological polar surface area (TPSA) is 84.9 Å². The Bertz CT molecular complexity index is 1120. The number of carbonyl (C=O) groups excluding carboxylic acids is 1. The minimum absolute atomic E-state index is 0.0970. The van der Waals surface area contributed by atoms with Crippen LogP contribution in [0.2, 0.25) is 0 Å². The standard InChI is InChI=1S/C27H27NO5/c1-27(2,3)33-18-14-12-17(13-15-18)24(25(29)30)28-26(31)32-16-23-21-10-6-4-8-19(21)20-9-5-7-11-22(20)23/h4-15,23-24H,16H2,1-3H3,(H,28,31)(H,29,30). The molecule has 33 heavy (non-hydrogen) atoms. The SMILES string of the molecule is CC(C)(C)Oc1ccc(C(NC(=O)OCC2c3ccccc3-c3ccccc32)C(=O)O)cc1. The Morgan fingerprint density at radius 1 is 0.909 bits per heavy atom. The maximum Gasteiger partial charge on any atom is 0.408 e. The van der Waals surface area contributed by atoms with Crippen LogP contribution in [0.5, 0.6) is 5.75 Å². The molecule has 1 aliphatic carbocycles. The molecular weight excluding hydrogens is 418 g/mol. The van der Waals surface area contributed by atoms with Gasteiger partial charge in [-0.3, -0.25) is 0 Å². The number of alkyl carbamates (subject to hydrolysis) is 1. The van der Waals surface area contributed by atoms with Gasteiger partial charge in [-0.25, -0.2) is 9.59 Å². The number of carboxylic acids is 1. The highest BCUT2D eigenvalue weighted by atomic mass is 16.5. The lowest BCUT2D eigenvalue weighted by Crippen LogP contribution is -2.34. The zero-order valence-corrected chi connectivity index (χ0v) is 18.9. The van der Waals surface area contributed by atoms with E-state index in [9.17, 15) is 14.7 Å². The molecule has 3 aromatic carbocycles. The van der Waals surface area contributed by atoms with Crippen LogP contribution in [0.15, 0.2) is 72.8 Å². The number of carbonyl (C=O) groups is 2. The number of hydrogen-bond donors (Lipinski definition) is 2. The van der Waals surface area contributed by atoms with E-state index in [-0.39, 0.29) is 18.1 Å². The van der Waals surface area contributed by atoms with Crippen molar-refractivity contribution >= 4 is 12.1 Å². The van der Waals surface area contributed by atoms with Gasteiger partial charge in [0.1, 0.15) is 18.0 Å². The Morgan fingerprint density at radius 3 is 1.97 bits per heavy atom. The highest BCUT2D eigenvalue weighted by molar-refractivity contribution is 5.82. The second kappa shape index (κ2) is 8.98. The van der Waals surface area contributed by atoms with Crippen LogP contribution >= 0.6 is 0 Å². The molecule has 0 saturated heterocycles. The number of aliphatic carboxylic acids is 1. The normalized spacial score (nSPS) is 13.5. The van der Waals surface area contributed by atoms with E-state index in [0.29, 0.717) is 11.3 Å². The van der Waals surface area contributed by atoms with E-state index in [1.807, 2.05) is 57.2 Å². The van der Waals surface area contributed by atoms with Gasteiger partial charge in [0.25, 0.3) is 0 Å². The molecule has 0 radical (unpaired) electrons. The summed E-state index contributed by atoms with van der Waals surface area (Å²) in [5.74, 6) is -0.648. The molecule has 0 spiro atoms. The quantitative estimate of drug-likeness (QED) is 0.521. The fourth-order valence-corrected chi connectivity index (χ4v) is 4.13. The van der Waals surface area contributed by atoms with Crippen LogP contribution in [0.1, 0.15) is 49.4 Å². The molecule has 170 valence electrons. The van der Waals surface area contributed by atoms with Crippen LogP contribution in [0.3, 0.4) is 0 Å². The highest BCUT2D eigenvalue weighted by Gasteiger charge is 2.30. The predicted octanol–water partition coefficient (Wildman–Crippen LogP) is 5.53. The molecule has 6 heteroatoms. The first-order valence-corrected chi connectivity index (χ1v) is 10.9. The van der Waals surface area contributed by atoms with Gasteiger partial charge in [-0.2, -0.15) is 0 Å². The van der Waals surface area contributed by atoms with Crippen molar-refractivity contribution in [3.05, 3.63) is 89.5 Å². The van der Waals surface area contributed by atoms with E-state index in [1.54, 1.807) is 24.3 Å². The van der Waals surface area contributed by atoms with Gasteiger partial charge in [-0.15, -0.1) is 0 Å². The van der Waals surface area contributed by atoms with Crippen molar-refractivity contribution in [1.82, 2.24) is 5.32 Å². The summed E-state index contributed by atoms with van der Waals surface area (Å²) in [6.45, 7) is 5.91. The van der Waals surface area contributed by atoms with E-state index >= 15 is 0 Å². The van der Waals surface area contributed by atoms with Gasteiger partial charge >= 0.3 is 12.1 Å². The summed E-state index contributed by atoms with van der Waals surface area (Å²) in [6.07, 6.45) is -0.778. The molecule has 0 saturated carbocycles. The number of hydrogen-bond acceptors (Lipinski definition) is 4. The van der Waals surface area contributed by atoms with Crippen molar-refractivity contribution in [2.75, 3.05) is 6.61 Å². The third-order valence-corrected chi connectivity index (χ3v) is 5.49. The fourth-order valence-electron chi connectivity index (χ4n) is 4.13. The zero-order chi connectivity index (χ0) is 23.6. The minimum atomic E-state index is -1.23. The number of carboxylic acid groups (broad SMARTS) is 1. The van der Waals surface area contributed by atoms with Crippen molar-refractivity contribution in [3.8, 4) is 16.9 Å². The van der Waals surface area contributed by atoms with Gasteiger partial charge in [0.15, 0.2) is 6.04 Å². The number of nitrogens with one attached hydrogen (secondary N) is 1. The average molecular weight is 446 g/mol. The third kappa shape index (κ3) is 5.00.